The number of allylic oxidation sites excluding steroid dienone is 3. The van der Waals surface area contributed by atoms with E-state index in [1.54, 1.807) is 11.8 Å². The number of ether oxygens (including phenoxy) is 2. The molecule has 1 aromatic rings. The monoisotopic (exact) mass is 487 g/mol. The van der Waals surface area contributed by atoms with Crippen LogP contribution in [-0.4, -0.2) is 51.5 Å². The molecule has 0 aromatic carbocycles. The van der Waals surface area contributed by atoms with Crippen molar-refractivity contribution in [3.8, 4) is 11.9 Å². The van der Waals surface area contributed by atoms with Gasteiger partial charge >= 0.3 is 6.09 Å². The molecule has 2 aliphatic carbocycles. The summed E-state index contributed by atoms with van der Waals surface area (Å²) in [6.45, 7) is 8.33. The van der Waals surface area contributed by atoms with E-state index in [4.69, 9.17) is 26.3 Å². The van der Waals surface area contributed by atoms with Crippen LogP contribution in [0.5, 0.6) is 5.88 Å². The summed E-state index contributed by atoms with van der Waals surface area (Å²) in [5, 5.41) is 9.08. The van der Waals surface area contributed by atoms with Crippen LogP contribution in [0.1, 0.15) is 46.0 Å². The van der Waals surface area contributed by atoms with E-state index in [9.17, 15) is 4.79 Å². The molecule has 2 saturated carbocycles. The largest absolute Gasteiger partial charge is 0.471 e. The van der Waals surface area contributed by atoms with Crippen LogP contribution in [0.4, 0.5) is 15.0 Å². The summed E-state index contributed by atoms with van der Waals surface area (Å²) in [6.07, 6.45) is 6.00. The Morgan fingerprint density at radius 2 is 2.09 bits per heavy atom. The van der Waals surface area contributed by atoms with Crippen molar-refractivity contribution in [2.24, 2.45) is 16.8 Å². The Hall–Kier alpha value is -2.99. The molecular formula is C24H27ClFN5O3. The number of nitrogens with zero attached hydrogens (tertiary/aromatic N) is 5. The van der Waals surface area contributed by atoms with Crippen LogP contribution in [0.2, 0.25) is 0 Å². The summed E-state index contributed by atoms with van der Waals surface area (Å²) >= 11 is 6.23. The highest BCUT2D eigenvalue weighted by Gasteiger charge is 2.48. The molecule has 1 amide bonds. The molecule has 2 heterocycles. The number of nitriles is 1. The topological polar surface area (TPSA) is 101 Å². The van der Waals surface area contributed by atoms with Crippen LogP contribution < -0.4 is 4.74 Å². The van der Waals surface area contributed by atoms with Gasteiger partial charge in [-0.15, -0.1) is 0 Å². The van der Waals surface area contributed by atoms with E-state index < -0.39 is 5.82 Å². The third kappa shape index (κ3) is 5.22. The molecule has 2 atom stereocenters. The number of aromatic nitrogens is 2. The first-order valence-electron chi connectivity index (χ1n) is 11.4. The van der Waals surface area contributed by atoms with E-state index >= 15 is 4.39 Å². The van der Waals surface area contributed by atoms with Crippen molar-refractivity contribution < 1.29 is 18.7 Å². The Morgan fingerprint density at radius 1 is 1.41 bits per heavy atom. The first-order chi connectivity index (χ1) is 16.2. The van der Waals surface area contributed by atoms with Gasteiger partial charge in [0.25, 0.3) is 5.88 Å². The molecule has 1 aromatic heterocycles. The molecule has 0 spiro atoms. The quantitative estimate of drug-likeness (QED) is 0.302. The molecule has 1 aliphatic heterocycles. The highest BCUT2D eigenvalue weighted by Crippen LogP contribution is 2.42. The maximum absolute atomic E-state index is 15.2. The normalized spacial score (nSPS) is 25.5. The summed E-state index contributed by atoms with van der Waals surface area (Å²) in [7, 11) is 0. The summed E-state index contributed by atoms with van der Waals surface area (Å²) in [4.78, 5) is 26.4. The third-order valence-electron chi connectivity index (χ3n) is 6.58. The number of amides is 1. The van der Waals surface area contributed by atoms with E-state index in [1.165, 1.54) is 12.4 Å². The third-order valence-corrected chi connectivity index (χ3v) is 6.90. The summed E-state index contributed by atoms with van der Waals surface area (Å²) < 4.78 is 26.9. The molecule has 2 unspecified atom stereocenters. The minimum atomic E-state index is -0.778. The number of rotatable bonds is 7. The van der Waals surface area contributed by atoms with Crippen molar-refractivity contribution in [3.05, 3.63) is 35.4 Å². The van der Waals surface area contributed by atoms with E-state index in [0.29, 0.717) is 25.2 Å². The summed E-state index contributed by atoms with van der Waals surface area (Å²) in [5.41, 5.74) is 0.204. The molecule has 34 heavy (non-hydrogen) atoms. The van der Waals surface area contributed by atoms with Gasteiger partial charge in [-0.1, -0.05) is 25.1 Å². The minimum absolute atomic E-state index is 0.0696. The molecule has 0 N–H and O–H groups in total. The van der Waals surface area contributed by atoms with Crippen molar-refractivity contribution in [3.63, 3.8) is 0 Å². The van der Waals surface area contributed by atoms with Gasteiger partial charge in [-0.2, -0.15) is 14.6 Å². The van der Waals surface area contributed by atoms with Gasteiger partial charge in [-0.25, -0.2) is 14.8 Å². The molecule has 180 valence electrons. The zero-order valence-corrected chi connectivity index (χ0v) is 20.0. The fraction of sp³-hybridized carbons (Fsp3) is 0.542. The van der Waals surface area contributed by atoms with Crippen LogP contribution in [0.3, 0.4) is 0 Å². The Morgan fingerprint density at radius 3 is 2.68 bits per heavy atom. The molecule has 8 nitrogen and oxygen atoms in total. The van der Waals surface area contributed by atoms with Crippen molar-refractivity contribution >= 4 is 29.2 Å². The number of hydrogen-bond acceptors (Lipinski definition) is 7. The maximum atomic E-state index is 15.2. The first kappa shape index (κ1) is 24.1. The van der Waals surface area contributed by atoms with Crippen LogP contribution in [0.25, 0.3) is 0 Å². The van der Waals surface area contributed by atoms with E-state index in [2.05, 4.69) is 21.5 Å². The molecular weight excluding hydrogens is 461 g/mol. The predicted molar refractivity (Wildman–Crippen MR) is 124 cm³/mol. The lowest BCUT2D eigenvalue weighted by Crippen LogP contribution is -2.50. The second-order valence-electron chi connectivity index (χ2n) is 9.26. The zero-order chi connectivity index (χ0) is 24.5. The number of piperidine rings is 1. The van der Waals surface area contributed by atoms with Crippen LogP contribution in [-0.2, 0) is 4.74 Å². The number of carbonyl (C=O) groups is 1. The van der Waals surface area contributed by atoms with Crippen molar-refractivity contribution in [1.29, 1.82) is 5.26 Å². The Balaban J connectivity index is 1.48. The predicted octanol–water partition coefficient (Wildman–Crippen LogP) is 5.08. The smallest absolute Gasteiger partial charge is 0.410 e. The van der Waals surface area contributed by atoms with Gasteiger partial charge < -0.3 is 14.4 Å². The molecule has 4 rings (SSSR count). The number of carbonyl (C=O) groups excluding carboxylic acids is 1. The fourth-order valence-corrected chi connectivity index (χ4v) is 4.71. The number of halogens is 2. The number of aliphatic imine (C=N–C) groups is 1. The maximum Gasteiger partial charge on any atom is 0.410 e. The van der Waals surface area contributed by atoms with Crippen LogP contribution in [0, 0.1) is 29.0 Å². The average Bonchev–Trinajstić information content (AvgIpc) is 3.49. The van der Waals surface area contributed by atoms with Gasteiger partial charge in [0.05, 0.1) is 16.8 Å². The number of hydrogen-bond donors (Lipinski definition) is 0. The Kier molecular flexibility index (Phi) is 6.89. The van der Waals surface area contributed by atoms with Gasteiger partial charge in [0.2, 0.25) is 5.82 Å². The molecule has 3 aliphatic rings. The highest BCUT2D eigenvalue weighted by molar-refractivity contribution is 6.43. The minimum Gasteiger partial charge on any atom is -0.471 e. The first-order valence-corrected chi connectivity index (χ1v) is 11.8. The SMILES string of the molecule is C=C(C#N)/C=C(/Cl)C(CC)=Nc1ncnc(OC2C3CCC2CN(C(=O)OC2(C)CC2)C3)c1F. The van der Waals surface area contributed by atoms with Gasteiger partial charge in [0.15, 0.2) is 5.82 Å². The number of fused-ring (bicyclic) bond motifs is 2. The average molecular weight is 488 g/mol. The standard InChI is InChI=1S/C24H27ClFN5O3/c1-4-18(17(25)9-14(2)10-27)30-21-19(26)22(29-13-28-21)33-20-15-5-6-16(20)12-31(11-15)23(32)34-24(3)7-8-24/h9,13,15-16,20H,2,4-8,11-12H2,1,3H3/b17-9+,30-18?. The van der Waals surface area contributed by atoms with Gasteiger partial charge in [0.1, 0.15) is 18.0 Å². The lowest BCUT2D eigenvalue weighted by molar-refractivity contribution is 0.00711. The van der Waals surface area contributed by atoms with Crippen molar-refractivity contribution in [1.82, 2.24) is 14.9 Å². The van der Waals surface area contributed by atoms with Crippen LogP contribution >= 0.6 is 11.6 Å². The van der Waals surface area contributed by atoms with E-state index in [-0.39, 0.29) is 51.9 Å². The summed E-state index contributed by atoms with van der Waals surface area (Å²) in [5.74, 6) is -1.00. The highest BCUT2D eigenvalue weighted by atomic mass is 35.5. The molecule has 0 radical (unpaired) electrons. The lowest BCUT2D eigenvalue weighted by atomic mass is 9.95. The Bertz CT molecular complexity index is 1080. The molecule has 2 bridgehead atoms. The van der Waals surface area contributed by atoms with Gasteiger partial charge in [-0.05, 0) is 45.1 Å². The zero-order valence-electron chi connectivity index (χ0n) is 19.3. The molecule has 10 heteroatoms. The van der Waals surface area contributed by atoms with Crippen molar-refractivity contribution in [2.75, 3.05) is 13.1 Å². The second-order valence-corrected chi connectivity index (χ2v) is 9.67. The van der Waals surface area contributed by atoms with E-state index in [0.717, 1.165) is 25.7 Å². The Labute approximate surface area is 203 Å². The van der Waals surface area contributed by atoms with Gasteiger partial charge in [-0.3, -0.25) is 0 Å². The molecule has 3 fully saturated rings. The lowest BCUT2D eigenvalue weighted by Gasteiger charge is -2.37. The van der Waals surface area contributed by atoms with Gasteiger partial charge in [0, 0.05) is 30.5 Å². The summed E-state index contributed by atoms with van der Waals surface area (Å²) in [6, 6.07) is 1.88. The van der Waals surface area contributed by atoms with Crippen LogP contribution in [0.15, 0.2) is 34.6 Å². The second kappa shape index (κ2) is 9.71. The fourth-order valence-electron chi connectivity index (χ4n) is 4.40. The number of likely N-dealkylation sites (tertiary alicyclic amines) is 1. The van der Waals surface area contributed by atoms with Crippen molar-refractivity contribution in [2.45, 2.75) is 57.7 Å². The van der Waals surface area contributed by atoms with E-state index in [1.807, 2.05) is 13.0 Å². The molecule has 1 saturated heterocycles.